The van der Waals surface area contributed by atoms with Gasteiger partial charge in [-0.2, -0.15) is 0 Å². The summed E-state index contributed by atoms with van der Waals surface area (Å²) in [5.74, 6) is 0.394. The summed E-state index contributed by atoms with van der Waals surface area (Å²) in [4.78, 5) is 15.6. The van der Waals surface area contributed by atoms with Crippen LogP contribution >= 0.6 is 11.8 Å². The number of hydrogen-bond donors (Lipinski definition) is 0. The number of thioether (sulfide) groups is 1. The Kier molecular flexibility index (Phi) is 5.96. The van der Waals surface area contributed by atoms with Gasteiger partial charge in [0.2, 0.25) is 0 Å². The first-order valence-corrected chi connectivity index (χ1v) is 11.7. The van der Waals surface area contributed by atoms with E-state index in [1.807, 2.05) is 31.3 Å². The summed E-state index contributed by atoms with van der Waals surface area (Å²) >= 11 is 1.51. The lowest BCUT2D eigenvalue weighted by Gasteiger charge is -2.21. The van der Waals surface area contributed by atoms with Gasteiger partial charge in [-0.3, -0.25) is 4.79 Å². The molecule has 1 saturated heterocycles. The monoisotopic (exact) mass is 403 g/mol. The van der Waals surface area contributed by atoms with E-state index in [2.05, 4.69) is 32.0 Å². The van der Waals surface area contributed by atoms with Crippen molar-refractivity contribution in [1.29, 1.82) is 0 Å². The van der Waals surface area contributed by atoms with Gasteiger partial charge in [-0.25, -0.2) is 8.42 Å². The van der Waals surface area contributed by atoms with Crippen molar-refractivity contribution in [2.45, 2.75) is 37.0 Å². The molecule has 1 unspecified atom stereocenters. The summed E-state index contributed by atoms with van der Waals surface area (Å²) in [6.07, 6.45) is 0.647. The first-order chi connectivity index (χ1) is 12.7. The van der Waals surface area contributed by atoms with Crippen molar-refractivity contribution in [2.75, 3.05) is 18.6 Å². The molecule has 2 aromatic rings. The van der Waals surface area contributed by atoms with E-state index in [1.165, 1.54) is 22.9 Å². The summed E-state index contributed by atoms with van der Waals surface area (Å²) in [5, 5.41) is 0.0219. The zero-order chi connectivity index (χ0) is 19.6. The maximum absolute atomic E-state index is 13.0. The van der Waals surface area contributed by atoms with E-state index >= 15 is 0 Å². The molecule has 0 aromatic heterocycles. The molecule has 144 valence electrons. The Hall–Kier alpha value is -1.79. The molecule has 0 spiro atoms. The van der Waals surface area contributed by atoms with Crippen LogP contribution < -0.4 is 0 Å². The molecule has 1 heterocycles. The minimum absolute atomic E-state index is 0.0219. The number of amides is 1. The van der Waals surface area contributed by atoms with Gasteiger partial charge in [-0.05, 0) is 43.5 Å². The molecule has 1 amide bonds. The van der Waals surface area contributed by atoms with Gasteiger partial charge in [0.05, 0.1) is 17.1 Å². The molecule has 0 radical (unpaired) electrons. The van der Waals surface area contributed by atoms with Crippen molar-refractivity contribution in [3.05, 3.63) is 64.7 Å². The molecule has 2 aromatic carbocycles. The van der Waals surface area contributed by atoms with E-state index in [1.54, 1.807) is 4.90 Å². The highest BCUT2D eigenvalue weighted by atomic mass is 32.2. The Morgan fingerprint density at radius 1 is 1.19 bits per heavy atom. The SMILES string of the molecule is Cc1ccc(CN(C)C(=O)c2ccccc2SC2CCS(=O)(=O)C2)c(C)c1. The summed E-state index contributed by atoms with van der Waals surface area (Å²) < 4.78 is 23.5. The van der Waals surface area contributed by atoms with Crippen molar-refractivity contribution in [3.63, 3.8) is 0 Å². The number of benzene rings is 2. The molecule has 0 saturated carbocycles. The third-order valence-electron chi connectivity index (χ3n) is 4.85. The summed E-state index contributed by atoms with van der Waals surface area (Å²) in [5.41, 5.74) is 4.15. The third-order valence-corrected chi connectivity index (χ3v) is 8.18. The van der Waals surface area contributed by atoms with E-state index < -0.39 is 9.84 Å². The third kappa shape index (κ3) is 4.93. The normalized spacial score (nSPS) is 18.4. The Bertz CT molecular complexity index is 954. The Morgan fingerprint density at radius 3 is 2.59 bits per heavy atom. The summed E-state index contributed by atoms with van der Waals surface area (Å²) in [6, 6.07) is 13.7. The number of sulfone groups is 1. The smallest absolute Gasteiger partial charge is 0.255 e. The molecule has 1 atom stereocenters. The number of aryl methyl sites for hydroxylation is 2. The minimum atomic E-state index is -2.93. The van der Waals surface area contributed by atoms with Crippen LogP contribution in [0.1, 0.15) is 33.5 Å². The molecule has 0 bridgehead atoms. The van der Waals surface area contributed by atoms with Crippen LogP contribution in [0.3, 0.4) is 0 Å². The van der Waals surface area contributed by atoms with Crippen LogP contribution in [0.2, 0.25) is 0 Å². The molecule has 0 N–H and O–H groups in total. The first kappa shape index (κ1) is 20.0. The van der Waals surface area contributed by atoms with Crippen LogP contribution in [-0.4, -0.2) is 43.0 Å². The standard InChI is InChI=1S/C21H25NO3S2/c1-15-8-9-17(16(2)12-15)13-22(3)21(23)19-6-4-5-7-20(19)26-18-10-11-27(24,25)14-18/h4-9,12,18H,10-11,13-14H2,1-3H3. The van der Waals surface area contributed by atoms with Crippen molar-refractivity contribution < 1.29 is 13.2 Å². The molecular formula is C21H25NO3S2. The molecule has 1 aliphatic heterocycles. The largest absolute Gasteiger partial charge is 0.337 e. The maximum Gasteiger partial charge on any atom is 0.255 e. The van der Waals surface area contributed by atoms with Gasteiger partial charge in [-0.1, -0.05) is 35.9 Å². The Balaban J connectivity index is 1.76. The van der Waals surface area contributed by atoms with Crippen LogP contribution in [0.25, 0.3) is 0 Å². The predicted octanol–water partition coefficient (Wildman–Crippen LogP) is 3.85. The number of nitrogens with zero attached hydrogens (tertiary/aromatic N) is 1. The highest BCUT2D eigenvalue weighted by Crippen LogP contribution is 2.33. The topological polar surface area (TPSA) is 54.5 Å². The number of carbonyl (C=O) groups excluding carboxylic acids is 1. The number of carbonyl (C=O) groups is 1. The van der Waals surface area contributed by atoms with Crippen LogP contribution in [0.15, 0.2) is 47.4 Å². The molecule has 27 heavy (non-hydrogen) atoms. The van der Waals surface area contributed by atoms with Gasteiger partial charge in [0.1, 0.15) is 0 Å². The van der Waals surface area contributed by atoms with E-state index in [9.17, 15) is 13.2 Å². The van der Waals surface area contributed by atoms with Crippen molar-refractivity contribution in [3.8, 4) is 0 Å². The first-order valence-electron chi connectivity index (χ1n) is 9.03. The molecule has 3 rings (SSSR count). The lowest BCUT2D eigenvalue weighted by atomic mass is 10.1. The quantitative estimate of drug-likeness (QED) is 0.761. The molecule has 1 aliphatic rings. The van der Waals surface area contributed by atoms with E-state index in [0.29, 0.717) is 18.5 Å². The Labute approximate surface area is 165 Å². The Morgan fingerprint density at radius 2 is 1.93 bits per heavy atom. The highest BCUT2D eigenvalue weighted by molar-refractivity contribution is 8.02. The van der Waals surface area contributed by atoms with Crippen LogP contribution in [0.4, 0.5) is 0 Å². The predicted molar refractivity (Wildman–Crippen MR) is 111 cm³/mol. The lowest BCUT2D eigenvalue weighted by Crippen LogP contribution is -2.27. The van der Waals surface area contributed by atoms with Gasteiger partial charge >= 0.3 is 0 Å². The zero-order valence-corrected chi connectivity index (χ0v) is 17.6. The number of hydrogen-bond acceptors (Lipinski definition) is 4. The fraction of sp³-hybridized carbons (Fsp3) is 0.381. The van der Waals surface area contributed by atoms with Crippen molar-refractivity contribution >= 4 is 27.5 Å². The second-order valence-corrected chi connectivity index (χ2v) is 10.8. The molecule has 6 heteroatoms. The van der Waals surface area contributed by atoms with Gasteiger partial charge in [0.25, 0.3) is 5.91 Å². The average molecular weight is 404 g/mol. The van der Waals surface area contributed by atoms with E-state index in [-0.39, 0.29) is 22.7 Å². The summed E-state index contributed by atoms with van der Waals surface area (Å²) in [7, 11) is -1.12. The van der Waals surface area contributed by atoms with Crippen molar-refractivity contribution in [2.24, 2.45) is 0 Å². The summed E-state index contributed by atoms with van der Waals surface area (Å²) in [6.45, 7) is 4.66. The minimum Gasteiger partial charge on any atom is -0.337 e. The molecule has 4 nitrogen and oxygen atoms in total. The fourth-order valence-electron chi connectivity index (χ4n) is 3.34. The molecular weight excluding hydrogens is 378 g/mol. The molecule has 0 aliphatic carbocycles. The van der Waals surface area contributed by atoms with Crippen molar-refractivity contribution in [1.82, 2.24) is 4.90 Å². The maximum atomic E-state index is 13.0. The number of rotatable bonds is 5. The van der Waals surface area contributed by atoms with Crippen LogP contribution in [0.5, 0.6) is 0 Å². The van der Waals surface area contributed by atoms with Crippen LogP contribution in [0, 0.1) is 13.8 Å². The van der Waals surface area contributed by atoms with Gasteiger partial charge < -0.3 is 4.90 Å². The second kappa shape index (κ2) is 8.07. The lowest BCUT2D eigenvalue weighted by molar-refractivity contribution is 0.0781. The molecule has 1 fully saturated rings. The fourth-order valence-corrected chi connectivity index (χ4v) is 6.96. The van der Waals surface area contributed by atoms with Crippen LogP contribution in [-0.2, 0) is 16.4 Å². The average Bonchev–Trinajstić information content (AvgIpc) is 2.95. The van der Waals surface area contributed by atoms with E-state index in [0.717, 1.165) is 10.5 Å². The van der Waals surface area contributed by atoms with E-state index in [4.69, 9.17) is 0 Å². The highest BCUT2D eigenvalue weighted by Gasteiger charge is 2.29. The van der Waals surface area contributed by atoms with Gasteiger partial charge in [0.15, 0.2) is 9.84 Å². The van der Waals surface area contributed by atoms with Gasteiger partial charge in [-0.15, -0.1) is 11.8 Å². The van der Waals surface area contributed by atoms with Gasteiger partial charge in [0, 0.05) is 23.7 Å². The zero-order valence-electron chi connectivity index (χ0n) is 15.9. The second-order valence-electron chi connectivity index (χ2n) is 7.23.